The first-order valence-corrected chi connectivity index (χ1v) is 3.83. The molecule has 0 bridgehead atoms. The zero-order chi connectivity index (χ0) is 10.1. The normalized spacial score (nSPS) is 10.4. The maximum atomic E-state index is 13.0. The van der Waals surface area contributed by atoms with Gasteiger partial charge in [0, 0.05) is 5.56 Å². The summed E-state index contributed by atoms with van der Waals surface area (Å²) >= 11 is 0. The van der Waals surface area contributed by atoms with Crippen LogP contribution in [0.15, 0.2) is 29.1 Å². The van der Waals surface area contributed by atoms with Crippen molar-refractivity contribution in [2.24, 2.45) is 0 Å². The van der Waals surface area contributed by atoms with Gasteiger partial charge in [-0.15, -0.1) is 0 Å². The molecule has 2 rings (SSSR count). The van der Waals surface area contributed by atoms with Gasteiger partial charge in [0.25, 0.3) is 0 Å². The molecule has 0 spiro atoms. The van der Waals surface area contributed by atoms with E-state index in [0.717, 1.165) is 12.1 Å². The van der Waals surface area contributed by atoms with Crippen molar-refractivity contribution in [3.63, 3.8) is 0 Å². The third-order valence-electron chi connectivity index (χ3n) is 1.84. The first-order chi connectivity index (χ1) is 6.68. The van der Waals surface area contributed by atoms with Crippen molar-refractivity contribution in [2.45, 2.75) is 0 Å². The van der Waals surface area contributed by atoms with Gasteiger partial charge in [-0.05, 0) is 17.7 Å². The van der Waals surface area contributed by atoms with E-state index in [9.17, 15) is 8.78 Å². The number of nitrogens with two attached hydrogens (primary N) is 1. The summed E-state index contributed by atoms with van der Waals surface area (Å²) < 4.78 is 30.6. The minimum absolute atomic E-state index is 0.343. The van der Waals surface area contributed by atoms with Crippen molar-refractivity contribution in [3.8, 4) is 11.1 Å². The molecular weight excluding hydrogens is 190 g/mol. The molecule has 1 heterocycles. The van der Waals surface area contributed by atoms with Crippen molar-refractivity contribution in [3.05, 3.63) is 36.2 Å². The Kier molecular flexibility index (Phi) is 1.92. The third kappa shape index (κ3) is 1.32. The molecule has 0 fully saturated rings. The van der Waals surface area contributed by atoms with Crippen molar-refractivity contribution in [2.75, 3.05) is 5.73 Å². The lowest BCUT2D eigenvalue weighted by Gasteiger charge is -2.01. The third-order valence-corrected chi connectivity index (χ3v) is 1.84. The van der Waals surface area contributed by atoms with Gasteiger partial charge >= 0.3 is 0 Å². The molecule has 1 aromatic heterocycles. The fourth-order valence-electron chi connectivity index (χ4n) is 1.10. The zero-order valence-corrected chi connectivity index (χ0v) is 7.00. The summed E-state index contributed by atoms with van der Waals surface area (Å²) in [6, 6.07) is 2.26. The number of nitrogen functional groups attached to an aromatic ring is 1. The van der Waals surface area contributed by atoms with Gasteiger partial charge in [-0.25, -0.2) is 8.78 Å². The molecule has 0 radical (unpaired) electrons. The molecular formula is C9H6F2N2O. The van der Waals surface area contributed by atoms with Crippen LogP contribution in [0.5, 0.6) is 0 Å². The summed E-state index contributed by atoms with van der Waals surface area (Å²) in [5.74, 6) is -1.58. The van der Waals surface area contributed by atoms with Crippen LogP contribution < -0.4 is 5.73 Å². The van der Waals surface area contributed by atoms with E-state index in [1.54, 1.807) is 0 Å². The largest absolute Gasteiger partial charge is 0.394 e. The molecule has 0 aliphatic heterocycles. The minimum atomic E-state index is -0.791. The summed E-state index contributed by atoms with van der Waals surface area (Å²) in [7, 11) is 0. The second-order valence-electron chi connectivity index (χ2n) is 2.77. The highest BCUT2D eigenvalue weighted by atomic mass is 19.1. The van der Waals surface area contributed by atoms with Crippen LogP contribution in [-0.2, 0) is 0 Å². The molecule has 1 aromatic carbocycles. The summed E-state index contributed by atoms with van der Waals surface area (Å²) in [4.78, 5) is 0. The first-order valence-electron chi connectivity index (χ1n) is 3.83. The Morgan fingerprint density at radius 1 is 1.14 bits per heavy atom. The van der Waals surface area contributed by atoms with E-state index in [-0.39, 0.29) is 0 Å². The number of halogens is 2. The fourth-order valence-corrected chi connectivity index (χ4v) is 1.10. The Balaban J connectivity index is 2.57. The maximum Gasteiger partial charge on any atom is 0.149 e. The highest BCUT2D eigenvalue weighted by molar-refractivity contribution is 5.64. The Bertz CT molecular complexity index is 431. The van der Waals surface area contributed by atoms with Gasteiger partial charge in [0.15, 0.2) is 0 Å². The fraction of sp³-hybridized carbons (Fsp3) is 0. The maximum absolute atomic E-state index is 13.0. The van der Waals surface area contributed by atoms with Crippen LogP contribution >= 0.6 is 0 Å². The molecule has 2 aromatic rings. The number of hydrogen-bond acceptors (Lipinski definition) is 3. The number of benzene rings is 1. The van der Waals surface area contributed by atoms with Crippen LogP contribution in [0.3, 0.4) is 0 Å². The number of hydrogen-bond donors (Lipinski definition) is 1. The first kappa shape index (κ1) is 8.68. The molecule has 3 nitrogen and oxygen atoms in total. The van der Waals surface area contributed by atoms with Gasteiger partial charge in [-0.1, -0.05) is 5.16 Å². The van der Waals surface area contributed by atoms with Gasteiger partial charge in [0.2, 0.25) is 0 Å². The van der Waals surface area contributed by atoms with Gasteiger partial charge in [0.1, 0.15) is 23.6 Å². The van der Waals surface area contributed by atoms with Crippen molar-refractivity contribution >= 4 is 5.69 Å². The van der Waals surface area contributed by atoms with Crippen molar-refractivity contribution < 1.29 is 13.3 Å². The minimum Gasteiger partial charge on any atom is -0.394 e. The number of rotatable bonds is 1. The molecule has 72 valence electrons. The van der Waals surface area contributed by atoms with Gasteiger partial charge in [-0.2, -0.15) is 0 Å². The molecule has 0 saturated heterocycles. The molecule has 0 amide bonds. The van der Waals surface area contributed by atoms with E-state index < -0.39 is 17.3 Å². The number of anilines is 1. The van der Waals surface area contributed by atoms with E-state index in [0.29, 0.717) is 11.1 Å². The molecule has 0 unspecified atom stereocenters. The quantitative estimate of drug-likeness (QED) is 0.711. The summed E-state index contributed by atoms with van der Waals surface area (Å²) in [6.45, 7) is 0. The van der Waals surface area contributed by atoms with E-state index in [4.69, 9.17) is 5.73 Å². The number of aromatic nitrogens is 1. The standard InChI is InChI=1S/C9H6F2N2O/c10-7-1-5(2-8(11)9(7)12)6-3-13-14-4-6/h1-4H,12H2. The van der Waals surface area contributed by atoms with Crippen LogP contribution in [-0.4, -0.2) is 5.16 Å². The van der Waals surface area contributed by atoms with Gasteiger partial charge in [0.05, 0.1) is 6.20 Å². The highest BCUT2D eigenvalue weighted by Crippen LogP contribution is 2.24. The summed E-state index contributed by atoms with van der Waals surface area (Å²) in [5, 5.41) is 3.43. The van der Waals surface area contributed by atoms with E-state index >= 15 is 0 Å². The Hall–Kier alpha value is -1.91. The lowest BCUT2D eigenvalue weighted by atomic mass is 10.1. The zero-order valence-electron chi connectivity index (χ0n) is 7.00. The SMILES string of the molecule is Nc1c(F)cc(-c2cnoc2)cc1F. The molecule has 0 saturated carbocycles. The Morgan fingerprint density at radius 2 is 1.79 bits per heavy atom. The predicted molar refractivity (Wildman–Crippen MR) is 46.3 cm³/mol. The average molecular weight is 196 g/mol. The van der Waals surface area contributed by atoms with Crippen LogP contribution in [0, 0.1) is 11.6 Å². The van der Waals surface area contributed by atoms with Crippen molar-refractivity contribution in [1.29, 1.82) is 0 Å². The molecule has 0 aliphatic rings. The van der Waals surface area contributed by atoms with Gasteiger partial charge < -0.3 is 10.3 Å². The molecule has 2 N–H and O–H groups in total. The molecule has 14 heavy (non-hydrogen) atoms. The monoisotopic (exact) mass is 196 g/mol. The van der Waals surface area contributed by atoms with Crippen LogP contribution in [0.4, 0.5) is 14.5 Å². The lowest BCUT2D eigenvalue weighted by molar-refractivity contribution is 0.420. The molecule has 5 heteroatoms. The van der Waals surface area contributed by atoms with Crippen molar-refractivity contribution in [1.82, 2.24) is 5.16 Å². The van der Waals surface area contributed by atoms with Gasteiger partial charge in [-0.3, -0.25) is 0 Å². The second kappa shape index (κ2) is 3.10. The molecule has 0 aliphatic carbocycles. The smallest absolute Gasteiger partial charge is 0.149 e. The topological polar surface area (TPSA) is 52.0 Å². The van der Waals surface area contributed by atoms with E-state index in [1.807, 2.05) is 0 Å². The average Bonchev–Trinajstić information content (AvgIpc) is 2.66. The lowest BCUT2D eigenvalue weighted by Crippen LogP contribution is -1.95. The van der Waals surface area contributed by atoms with E-state index in [1.165, 1.54) is 12.5 Å². The Labute approximate surface area is 78.1 Å². The molecule has 0 atom stereocenters. The van der Waals surface area contributed by atoms with Crippen LogP contribution in [0.1, 0.15) is 0 Å². The van der Waals surface area contributed by atoms with Crippen LogP contribution in [0.2, 0.25) is 0 Å². The van der Waals surface area contributed by atoms with E-state index in [2.05, 4.69) is 9.68 Å². The highest BCUT2D eigenvalue weighted by Gasteiger charge is 2.09. The Morgan fingerprint density at radius 3 is 2.29 bits per heavy atom. The second-order valence-corrected chi connectivity index (χ2v) is 2.77. The summed E-state index contributed by atoms with van der Waals surface area (Å²) in [6.07, 6.45) is 2.66. The van der Waals surface area contributed by atoms with Crippen LogP contribution in [0.25, 0.3) is 11.1 Å². The predicted octanol–water partition coefficient (Wildman–Crippen LogP) is 2.20. The summed E-state index contributed by atoms with van der Waals surface area (Å²) in [5.41, 5.74) is 5.48. The number of nitrogens with zero attached hydrogens (tertiary/aromatic N) is 1.